The van der Waals surface area contributed by atoms with Crippen LogP contribution in [0.2, 0.25) is 0 Å². The van der Waals surface area contributed by atoms with Crippen molar-refractivity contribution in [2.75, 3.05) is 12.4 Å². The zero-order chi connectivity index (χ0) is 11.8. The molecule has 0 atom stereocenters. The molecule has 3 rings (SSSR count). The second-order valence-electron chi connectivity index (χ2n) is 3.87. The first kappa shape index (κ1) is 10.5. The molecular formula is C13H11NO2S. The number of hydrogen-bond acceptors (Lipinski definition) is 4. The number of benzene rings is 1. The molecule has 1 aromatic rings. The number of carbonyl (C=O) groups is 1. The molecule has 1 aromatic carbocycles. The number of ether oxygens (including phenoxy) is 1. The van der Waals surface area contributed by atoms with Gasteiger partial charge in [-0.2, -0.15) is 0 Å². The van der Waals surface area contributed by atoms with Gasteiger partial charge in [-0.05, 0) is 24.3 Å². The quantitative estimate of drug-likeness (QED) is 0.825. The maximum absolute atomic E-state index is 11.4. The van der Waals surface area contributed by atoms with Crippen LogP contribution in [-0.4, -0.2) is 12.9 Å². The van der Waals surface area contributed by atoms with Gasteiger partial charge in [0.05, 0.1) is 12.8 Å². The molecular weight excluding hydrogens is 234 g/mol. The van der Waals surface area contributed by atoms with E-state index in [-0.39, 0.29) is 5.78 Å². The van der Waals surface area contributed by atoms with Gasteiger partial charge < -0.3 is 10.1 Å². The molecule has 1 heterocycles. The van der Waals surface area contributed by atoms with Gasteiger partial charge in [-0.3, -0.25) is 4.79 Å². The van der Waals surface area contributed by atoms with Crippen LogP contribution in [0, 0.1) is 0 Å². The van der Waals surface area contributed by atoms with Crippen LogP contribution in [0.25, 0.3) is 0 Å². The number of nitrogens with one attached hydrogen (secondary N) is 1. The first-order valence-corrected chi connectivity index (χ1v) is 6.15. The van der Waals surface area contributed by atoms with Crippen LogP contribution in [0.1, 0.15) is 6.42 Å². The lowest BCUT2D eigenvalue weighted by molar-refractivity contribution is -0.114. The van der Waals surface area contributed by atoms with E-state index in [1.54, 1.807) is 24.9 Å². The van der Waals surface area contributed by atoms with Gasteiger partial charge in [-0.25, -0.2) is 0 Å². The highest BCUT2D eigenvalue weighted by atomic mass is 32.2. The van der Waals surface area contributed by atoms with Crippen LogP contribution in [0.15, 0.2) is 45.8 Å². The minimum absolute atomic E-state index is 0.157. The summed E-state index contributed by atoms with van der Waals surface area (Å²) < 4.78 is 5.32. The van der Waals surface area contributed by atoms with E-state index >= 15 is 0 Å². The SMILES string of the molecule is COc1cccc2c1NC1=C(CC(=O)C=C1)S2. The standard InChI is InChI=1S/C13H11NO2S/c1-16-10-3-2-4-11-13(10)14-9-6-5-8(15)7-12(9)17-11/h2-6,14H,7H2,1H3. The van der Waals surface area contributed by atoms with Crippen LogP contribution >= 0.6 is 11.8 Å². The van der Waals surface area contributed by atoms with E-state index < -0.39 is 0 Å². The molecule has 0 unspecified atom stereocenters. The monoisotopic (exact) mass is 245 g/mol. The van der Waals surface area contributed by atoms with Crippen LogP contribution in [0.3, 0.4) is 0 Å². The molecule has 0 radical (unpaired) electrons. The van der Waals surface area contributed by atoms with E-state index in [1.807, 2.05) is 24.3 Å². The maximum Gasteiger partial charge on any atom is 0.160 e. The van der Waals surface area contributed by atoms with Gasteiger partial charge in [0.25, 0.3) is 0 Å². The highest BCUT2D eigenvalue weighted by Crippen LogP contribution is 2.46. The van der Waals surface area contributed by atoms with Crippen molar-refractivity contribution < 1.29 is 9.53 Å². The molecule has 0 spiro atoms. The molecule has 4 heteroatoms. The molecule has 0 fully saturated rings. The topological polar surface area (TPSA) is 38.3 Å². The van der Waals surface area contributed by atoms with Gasteiger partial charge in [0.15, 0.2) is 5.78 Å². The largest absolute Gasteiger partial charge is 0.495 e. The normalized spacial score (nSPS) is 17.4. The minimum atomic E-state index is 0.157. The maximum atomic E-state index is 11.4. The highest BCUT2D eigenvalue weighted by molar-refractivity contribution is 8.03. The highest BCUT2D eigenvalue weighted by Gasteiger charge is 2.23. The van der Waals surface area contributed by atoms with Crippen molar-refractivity contribution in [3.8, 4) is 5.75 Å². The number of thioether (sulfide) groups is 1. The fourth-order valence-corrected chi connectivity index (χ4v) is 3.05. The third kappa shape index (κ3) is 1.74. The Kier molecular flexibility index (Phi) is 2.44. The summed E-state index contributed by atoms with van der Waals surface area (Å²) in [5.74, 6) is 0.983. The smallest absolute Gasteiger partial charge is 0.160 e. The van der Waals surface area contributed by atoms with Crippen LogP contribution in [0.4, 0.5) is 5.69 Å². The number of rotatable bonds is 1. The number of ketones is 1. The molecule has 86 valence electrons. The van der Waals surface area contributed by atoms with E-state index in [0.717, 1.165) is 26.9 Å². The van der Waals surface area contributed by atoms with Crippen molar-refractivity contribution in [1.29, 1.82) is 0 Å². The number of para-hydroxylation sites is 1. The van der Waals surface area contributed by atoms with E-state index in [4.69, 9.17) is 4.74 Å². The summed E-state index contributed by atoms with van der Waals surface area (Å²) in [6.07, 6.45) is 3.94. The number of hydrogen-bond donors (Lipinski definition) is 1. The van der Waals surface area contributed by atoms with E-state index in [1.165, 1.54) is 0 Å². The van der Waals surface area contributed by atoms with E-state index in [2.05, 4.69) is 5.32 Å². The summed E-state index contributed by atoms with van der Waals surface area (Å²) in [5.41, 5.74) is 1.99. The van der Waals surface area contributed by atoms with Gasteiger partial charge in [0.2, 0.25) is 0 Å². The Morgan fingerprint density at radius 1 is 1.35 bits per heavy atom. The summed E-state index contributed by atoms with van der Waals surface area (Å²) in [6, 6.07) is 5.91. The van der Waals surface area contributed by atoms with Gasteiger partial charge in [-0.15, -0.1) is 0 Å². The van der Waals surface area contributed by atoms with E-state index in [0.29, 0.717) is 6.42 Å². The zero-order valence-corrected chi connectivity index (χ0v) is 10.1. The molecule has 0 saturated carbocycles. The molecule has 17 heavy (non-hydrogen) atoms. The lowest BCUT2D eigenvalue weighted by Crippen LogP contribution is -2.12. The predicted octanol–water partition coefficient (Wildman–Crippen LogP) is 2.95. The Balaban J connectivity index is 2.03. The Morgan fingerprint density at radius 2 is 2.24 bits per heavy atom. The van der Waals surface area contributed by atoms with Crippen LogP contribution in [0.5, 0.6) is 5.75 Å². The number of carbonyl (C=O) groups excluding carboxylic acids is 1. The van der Waals surface area contributed by atoms with Gasteiger partial charge >= 0.3 is 0 Å². The molecule has 2 aliphatic rings. The third-order valence-corrected chi connectivity index (χ3v) is 3.94. The van der Waals surface area contributed by atoms with E-state index in [9.17, 15) is 4.79 Å². The van der Waals surface area contributed by atoms with Crippen molar-refractivity contribution in [2.45, 2.75) is 11.3 Å². The molecule has 0 aromatic heterocycles. The Labute approximate surface area is 104 Å². The lowest BCUT2D eigenvalue weighted by atomic mass is 10.1. The van der Waals surface area contributed by atoms with Crippen molar-refractivity contribution in [3.63, 3.8) is 0 Å². The average Bonchev–Trinajstić information content (AvgIpc) is 2.35. The molecule has 0 amide bonds. The van der Waals surface area contributed by atoms with Crippen LogP contribution in [-0.2, 0) is 4.79 Å². The van der Waals surface area contributed by atoms with Crippen molar-refractivity contribution in [1.82, 2.24) is 0 Å². The number of fused-ring (bicyclic) bond motifs is 1. The second-order valence-corrected chi connectivity index (χ2v) is 5.01. The number of allylic oxidation sites excluding steroid dienone is 3. The fraction of sp³-hybridized carbons (Fsp3) is 0.154. The first-order chi connectivity index (χ1) is 8.28. The molecule has 0 bridgehead atoms. The van der Waals surface area contributed by atoms with Crippen LogP contribution < -0.4 is 10.1 Å². The molecule has 1 aliphatic carbocycles. The third-order valence-electron chi connectivity index (χ3n) is 2.77. The second kappa shape index (κ2) is 3.96. The lowest BCUT2D eigenvalue weighted by Gasteiger charge is -2.25. The summed E-state index contributed by atoms with van der Waals surface area (Å²) >= 11 is 1.64. The van der Waals surface area contributed by atoms with Crippen molar-refractivity contribution >= 4 is 23.2 Å². The Bertz CT molecular complexity index is 561. The average molecular weight is 245 g/mol. The molecule has 3 nitrogen and oxygen atoms in total. The van der Waals surface area contributed by atoms with Gasteiger partial charge in [0.1, 0.15) is 5.75 Å². The van der Waals surface area contributed by atoms with Gasteiger partial charge in [0, 0.05) is 21.9 Å². The fourth-order valence-electron chi connectivity index (χ4n) is 1.94. The summed E-state index contributed by atoms with van der Waals surface area (Å²) in [5, 5.41) is 3.33. The summed E-state index contributed by atoms with van der Waals surface area (Å²) in [6.45, 7) is 0. The summed E-state index contributed by atoms with van der Waals surface area (Å²) in [7, 11) is 1.66. The zero-order valence-electron chi connectivity index (χ0n) is 9.32. The molecule has 0 saturated heterocycles. The predicted molar refractivity (Wildman–Crippen MR) is 68.3 cm³/mol. The Morgan fingerprint density at radius 3 is 3.06 bits per heavy atom. The number of anilines is 1. The minimum Gasteiger partial charge on any atom is -0.495 e. The van der Waals surface area contributed by atoms with Crippen molar-refractivity contribution in [3.05, 3.63) is 41.0 Å². The van der Waals surface area contributed by atoms with Gasteiger partial charge in [-0.1, -0.05) is 17.8 Å². The first-order valence-electron chi connectivity index (χ1n) is 5.34. The summed E-state index contributed by atoms with van der Waals surface area (Å²) in [4.78, 5) is 13.6. The van der Waals surface area contributed by atoms with Crippen molar-refractivity contribution in [2.24, 2.45) is 0 Å². The molecule has 1 N–H and O–H groups in total. The Hall–Kier alpha value is -1.68. The number of methoxy groups -OCH3 is 1. The molecule has 1 aliphatic heterocycles.